The quantitative estimate of drug-likeness (QED) is 0.832. The monoisotopic (exact) mass is 203 g/mol. The van der Waals surface area contributed by atoms with E-state index in [-0.39, 0.29) is 6.10 Å². The number of nitrogens with zero attached hydrogens (tertiary/aromatic N) is 1. The van der Waals surface area contributed by atoms with Crippen molar-refractivity contribution in [2.24, 2.45) is 0 Å². The van der Waals surface area contributed by atoms with Crippen LogP contribution in [-0.2, 0) is 6.42 Å². The minimum absolute atomic E-state index is 0.329. The molecule has 0 saturated carbocycles. The van der Waals surface area contributed by atoms with E-state index < -0.39 is 0 Å². The van der Waals surface area contributed by atoms with Gasteiger partial charge in [0.05, 0.1) is 12.3 Å². The summed E-state index contributed by atoms with van der Waals surface area (Å²) >= 11 is 0. The van der Waals surface area contributed by atoms with Crippen molar-refractivity contribution in [1.29, 1.82) is 0 Å². The second kappa shape index (κ2) is 4.28. The molecule has 1 aromatic heterocycles. The molecule has 3 heteroatoms. The summed E-state index contributed by atoms with van der Waals surface area (Å²) in [5.41, 5.74) is 2.03. The number of oxazole rings is 1. The van der Waals surface area contributed by atoms with Crippen molar-refractivity contribution < 1.29 is 9.52 Å². The van der Waals surface area contributed by atoms with Crippen LogP contribution in [0.1, 0.15) is 12.5 Å². The first-order valence-corrected chi connectivity index (χ1v) is 4.92. The van der Waals surface area contributed by atoms with Gasteiger partial charge in [0.15, 0.2) is 0 Å². The Morgan fingerprint density at radius 1 is 1.47 bits per heavy atom. The number of aromatic nitrogens is 1. The minimum Gasteiger partial charge on any atom is -0.445 e. The Morgan fingerprint density at radius 3 is 3.00 bits per heavy atom. The highest BCUT2D eigenvalue weighted by molar-refractivity contribution is 5.54. The molecule has 2 rings (SSSR count). The van der Waals surface area contributed by atoms with Gasteiger partial charge in [-0.1, -0.05) is 12.1 Å². The van der Waals surface area contributed by atoms with Crippen molar-refractivity contribution in [2.45, 2.75) is 19.4 Å². The molecule has 0 fully saturated rings. The Labute approximate surface area is 88.4 Å². The van der Waals surface area contributed by atoms with Gasteiger partial charge in [-0.2, -0.15) is 0 Å². The van der Waals surface area contributed by atoms with Crippen LogP contribution in [0.4, 0.5) is 0 Å². The standard InChI is InChI=1S/C12H13NO2/c1-9(14)7-10-3-2-4-11(8-10)12-13-5-6-15-12/h2-6,8-9,14H,7H2,1H3. The lowest BCUT2D eigenvalue weighted by Gasteiger charge is -2.05. The summed E-state index contributed by atoms with van der Waals surface area (Å²) < 4.78 is 5.21. The lowest BCUT2D eigenvalue weighted by Crippen LogP contribution is -2.03. The Balaban J connectivity index is 2.27. The van der Waals surface area contributed by atoms with Crippen LogP contribution in [0.3, 0.4) is 0 Å². The second-order valence-electron chi connectivity index (χ2n) is 3.59. The molecule has 1 atom stereocenters. The van der Waals surface area contributed by atoms with Gasteiger partial charge in [-0.05, 0) is 31.0 Å². The molecule has 0 spiro atoms. The van der Waals surface area contributed by atoms with E-state index in [2.05, 4.69) is 4.98 Å². The lowest BCUT2D eigenvalue weighted by atomic mass is 10.1. The van der Waals surface area contributed by atoms with E-state index in [0.717, 1.165) is 11.1 Å². The zero-order valence-corrected chi connectivity index (χ0v) is 8.55. The number of benzene rings is 1. The molecule has 0 aliphatic carbocycles. The number of rotatable bonds is 3. The third kappa shape index (κ3) is 2.44. The van der Waals surface area contributed by atoms with Crippen LogP contribution >= 0.6 is 0 Å². The van der Waals surface area contributed by atoms with Crippen LogP contribution in [0.2, 0.25) is 0 Å². The van der Waals surface area contributed by atoms with E-state index >= 15 is 0 Å². The summed E-state index contributed by atoms with van der Waals surface area (Å²) in [6.45, 7) is 1.78. The smallest absolute Gasteiger partial charge is 0.225 e. The summed E-state index contributed by atoms with van der Waals surface area (Å²) in [6, 6.07) is 7.85. The van der Waals surface area contributed by atoms with E-state index in [1.165, 1.54) is 0 Å². The first kappa shape index (κ1) is 9.93. The fourth-order valence-corrected chi connectivity index (χ4v) is 1.54. The predicted octanol–water partition coefficient (Wildman–Crippen LogP) is 2.26. The SMILES string of the molecule is CC(O)Cc1cccc(-c2ncco2)c1. The van der Waals surface area contributed by atoms with Gasteiger partial charge in [-0.3, -0.25) is 0 Å². The molecule has 0 aliphatic heterocycles. The number of aliphatic hydroxyl groups is 1. The van der Waals surface area contributed by atoms with Crippen LogP contribution < -0.4 is 0 Å². The Bertz CT molecular complexity index is 421. The summed E-state index contributed by atoms with van der Waals surface area (Å²) in [5.74, 6) is 0.613. The minimum atomic E-state index is -0.329. The molecule has 3 nitrogen and oxygen atoms in total. The first-order valence-electron chi connectivity index (χ1n) is 4.92. The number of hydrogen-bond donors (Lipinski definition) is 1. The Hall–Kier alpha value is -1.61. The zero-order valence-electron chi connectivity index (χ0n) is 8.55. The van der Waals surface area contributed by atoms with Gasteiger partial charge in [0.1, 0.15) is 6.26 Å². The lowest BCUT2D eigenvalue weighted by molar-refractivity contribution is 0.195. The normalized spacial score (nSPS) is 12.7. The van der Waals surface area contributed by atoms with Crippen molar-refractivity contribution in [3.63, 3.8) is 0 Å². The molecular formula is C12H13NO2. The van der Waals surface area contributed by atoms with Crippen molar-refractivity contribution in [2.75, 3.05) is 0 Å². The maximum atomic E-state index is 9.29. The molecule has 15 heavy (non-hydrogen) atoms. The van der Waals surface area contributed by atoms with E-state index in [4.69, 9.17) is 4.42 Å². The van der Waals surface area contributed by atoms with Crippen LogP contribution in [0.25, 0.3) is 11.5 Å². The van der Waals surface area contributed by atoms with E-state index in [0.29, 0.717) is 12.3 Å². The third-order valence-electron chi connectivity index (χ3n) is 2.14. The molecule has 0 saturated heterocycles. The molecule has 0 aliphatic rings. The maximum absolute atomic E-state index is 9.29. The molecule has 2 aromatic rings. The molecule has 1 unspecified atom stereocenters. The summed E-state index contributed by atoms with van der Waals surface area (Å²) in [7, 11) is 0. The van der Waals surface area contributed by atoms with Crippen LogP contribution in [0.5, 0.6) is 0 Å². The molecule has 1 heterocycles. The molecule has 0 bridgehead atoms. The Morgan fingerprint density at radius 2 is 2.33 bits per heavy atom. The van der Waals surface area contributed by atoms with Crippen molar-refractivity contribution in [3.05, 3.63) is 42.3 Å². The van der Waals surface area contributed by atoms with Crippen molar-refractivity contribution in [3.8, 4) is 11.5 Å². The van der Waals surface area contributed by atoms with Gasteiger partial charge in [-0.15, -0.1) is 0 Å². The molecule has 1 aromatic carbocycles. The largest absolute Gasteiger partial charge is 0.445 e. The van der Waals surface area contributed by atoms with Gasteiger partial charge in [0, 0.05) is 5.56 Å². The summed E-state index contributed by atoms with van der Waals surface area (Å²) in [6.07, 6.45) is 3.49. The van der Waals surface area contributed by atoms with Gasteiger partial charge in [-0.25, -0.2) is 4.98 Å². The van der Waals surface area contributed by atoms with Gasteiger partial charge >= 0.3 is 0 Å². The van der Waals surface area contributed by atoms with E-state index in [1.807, 2.05) is 24.3 Å². The average Bonchev–Trinajstić information content (AvgIpc) is 2.69. The predicted molar refractivity (Wildman–Crippen MR) is 57.3 cm³/mol. The van der Waals surface area contributed by atoms with Crippen molar-refractivity contribution >= 4 is 0 Å². The second-order valence-corrected chi connectivity index (χ2v) is 3.59. The van der Waals surface area contributed by atoms with Crippen LogP contribution in [0, 0.1) is 0 Å². The van der Waals surface area contributed by atoms with Crippen LogP contribution in [0.15, 0.2) is 41.1 Å². The Kier molecular flexibility index (Phi) is 2.83. The van der Waals surface area contributed by atoms with E-state index in [1.54, 1.807) is 19.4 Å². The highest BCUT2D eigenvalue weighted by Gasteiger charge is 2.04. The van der Waals surface area contributed by atoms with Gasteiger partial charge in [0.2, 0.25) is 5.89 Å². The zero-order chi connectivity index (χ0) is 10.7. The summed E-state index contributed by atoms with van der Waals surface area (Å²) in [4.78, 5) is 4.08. The highest BCUT2D eigenvalue weighted by Crippen LogP contribution is 2.18. The fraction of sp³-hybridized carbons (Fsp3) is 0.250. The number of hydrogen-bond acceptors (Lipinski definition) is 3. The molecule has 0 radical (unpaired) electrons. The van der Waals surface area contributed by atoms with E-state index in [9.17, 15) is 5.11 Å². The van der Waals surface area contributed by atoms with Gasteiger partial charge in [0.25, 0.3) is 0 Å². The average molecular weight is 203 g/mol. The first-order chi connectivity index (χ1) is 7.25. The van der Waals surface area contributed by atoms with Crippen LogP contribution in [-0.4, -0.2) is 16.2 Å². The molecule has 1 N–H and O–H groups in total. The van der Waals surface area contributed by atoms with Crippen molar-refractivity contribution in [1.82, 2.24) is 4.98 Å². The molecular weight excluding hydrogens is 190 g/mol. The number of aliphatic hydroxyl groups excluding tert-OH is 1. The van der Waals surface area contributed by atoms with Gasteiger partial charge < -0.3 is 9.52 Å². The topological polar surface area (TPSA) is 46.3 Å². The summed E-state index contributed by atoms with van der Waals surface area (Å²) in [5, 5.41) is 9.29. The molecule has 78 valence electrons. The fourth-order valence-electron chi connectivity index (χ4n) is 1.54. The molecule has 0 amide bonds. The third-order valence-corrected chi connectivity index (χ3v) is 2.14. The maximum Gasteiger partial charge on any atom is 0.225 e. The highest BCUT2D eigenvalue weighted by atomic mass is 16.3.